The van der Waals surface area contributed by atoms with Crippen molar-refractivity contribution >= 4 is 35.0 Å². The maximum absolute atomic E-state index is 6.14. The summed E-state index contributed by atoms with van der Waals surface area (Å²) in [5.74, 6) is 3.47. The molecular formula is C18H17Cl2N3O2S. The molecule has 26 heavy (non-hydrogen) atoms. The second-order valence-electron chi connectivity index (χ2n) is 6.18. The number of alkyl halides is 2. The molecule has 1 aliphatic rings. The highest BCUT2D eigenvalue weighted by Crippen LogP contribution is 2.54. The van der Waals surface area contributed by atoms with E-state index in [0.29, 0.717) is 6.54 Å². The lowest BCUT2D eigenvalue weighted by Gasteiger charge is -2.09. The van der Waals surface area contributed by atoms with Crippen molar-refractivity contribution in [2.24, 2.45) is 5.92 Å². The fourth-order valence-corrected chi connectivity index (χ4v) is 4.57. The smallest absolute Gasteiger partial charge is 0.191 e. The number of halogens is 2. The Morgan fingerprint density at radius 2 is 2.15 bits per heavy atom. The van der Waals surface area contributed by atoms with Crippen molar-refractivity contribution in [1.29, 1.82) is 0 Å². The lowest BCUT2D eigenvalue weighted by molar-refractivity contribution is 0.415. The summed E-state index contributed by atoms with van der Waals surface area (Å²) in [5, 5.41) is 9.60. The van der Waals surface area contributed by atoms with Gasteiger partial charge in [0.15, 0.2) is 11.0 Å². The van der Waals surface area contributed by atoms with Gasteiger partial charge in [0.1, 0.15) is 15.8 Å². The maximum atomic E-state index is 6.14. The normalized spacial score (nSPS) is 18.0. The average Bonchev–Trinajstić information content (AvgIpc) is 3.04. The van der Waals surface area contributed by atoms with Crippen LogP contribution in [-0.4, -0.2) is 32.0 Å². The molecule has 8 heteroatoms. The quantitative estimate of drug-likeness (QED) is 0.411. The van der Waals surface area contributed by atoms with Crippen LogP contribution >= 0.6 is 35.0 Å². The lowest BCUT2D eigenvalue weighted by atomic mass is 10.2. The topological polar surface area (TPSA) is 53.1 Å². The lowest BCUT2D eigenvalue weighted by Crippen LogP contribution is -2.04. The summed E-state index contributed by atoms with van der Waals surface area (Å²) in [6.45, 7) is 0.548. The van der Waals surface area contributed by atoms with Crippen molar-refractivity contribution in [3.8, 4) is 17.1 Å². The van der Waals surface area contributed by atoms with Gasteiger partial charge < -0.3 is 9.15 Å². The van der Waals surface area contributed by atoms with Gasteiger partial charge in [-0.25, -0.2) is 0 Å². The number of benzene rings is 1. The van der Waals surface area contributed by atoms with E-state index in [2.05, 4.69) is 10.2 Å². The number of nitrogens with zero attached hydrogens (tertiary/aromatic N) is 3. The SMILES string of the molecule is COc1cccc(-c2nnc(SCC3CC3(Cl)Cl)n2Cc2ccco2)c1. The summed E-state index contributed by atoms with van der Waals surface area (Å²) < 4.78 is 12.3. The average molecular weight is 410 g/mol. The molecule has 0 aliphatic heterocycles. The third kappa shape index (κ3) is 3.72. The Hall–Kier alpha value is -1.63. The second-order valence-corrected chi connectivity index (χ2v) is 8.71. The molecule has 136 valence electrons. The molecule has 2 aromatic heterocycles. The zero-order chi connectivity index (χ0) is 18.1. The van der Waals surface area contributed by atoms with Gasteiger partial charge in [-0.1, -0.05) is 23.9 Å². The number of ether oxygens (including phenoxy) is 1. The minimum Gasteiger partial charge on any atom is -0.497 e. The number of hydrogen-bond acceptors (Lipinski definition) is 5. The number of aromatic nitrogens is 3. The van der Waals surface area contributed by atoms with Crippen LogP contribution in [0.25, 0.3) is 11.4 Å². The molecule has 1 atom stereocenters. The molecule has 0 amide bonds. The Kier molecular flexibility index (Phi) is 4.90. The summed E-state index contributed by atoms with van der Waals surface area (Å²) in [6, 6.07) is 11.6. The van der Waals surface area contributed by atoms with Crippen molar-refractivity contribution in [2.75, 3.05) is 12.9 Å². The predicted octanol–water partition coefficient (Wildman–Crippen LogP) is 4.88. The van der Waals surface area contributed by atoms with Gasteiger partial charge in [-0.05, 0) is 30.7 Å². The highest BCUT2D eigenvalue weighted by Gasteiger charge is 2.51. The van der Waals surface area contributed by atoms with Gasteiger partial charge in [0, 0.05) is 17.2 Å². The number of hydrogen-bond donors (Lipinski definition) is 0. The van der Waals surface area contributed by atoms with Gasteiger partial charge in [0.05, 0.1) is 19.9 Å². The van der Waals surface area contributed by atoms with Crippen LogP contribution < -0.4 is 4.74 Å². The standard InChI is InChI=1S/C18H17Cl2N3O2S/c1-24-14-5-2-4-12(8-14)16-21-22-17(26-11-13-9-18(13,19)20)23(16)10-15-6-3-7-25-15/h2-8,13H,9-11H2,1H3. The highest BCUT2D eigenvalue weighted by molar-refractivity contribution is 7.99. The zero-order valence-electron chi connectivity index (χ0n) is 14.1. The van der Waals surface area contributed by atoms with Crippen LogP contribution in [0.15, 0.2) is 52.2 Å². The molecule has 5 nitrogen and oxygen atoms in total. The molecule has 1 saturated carbocycles. The summed E-state index contributed by atoms with van der Waals surface area (Å²) in [7, 11) is 1.65. The van der Waals surface area contributed by atoms with Gasteiger partial charge >= 0.3 is 0 Å². The molecular weight excluding hydrogens is 393 g/mol. The van der Waals surface area contributed by atoms with Crippen molar-refractivity contribution in [3.05, 3.63) is 48.4 Å². The van der Waals surface area contributed by atoms with Crippen LogP contribution in [0.4, 0.5) is 0 Å². The fraction of sp³-hybridized carbons (Fsp3) is 0.333. The Bertz CT molecular complexity index is 896. The molecule has 3 aromatic rings. The van der Waals surface area contributed by atoms with Crippen LogP contribution in [0.5, 0.6) is 5.75 Å². The van der Waals surface area contributed by atoms with E-state index in [0.717, 1.165) is 40.2 Å². The molecule has 2 heterocycles. The Balaban J connectivity index is 1.64. The zero-order valence-corrected chi connectivity index (χ0v) is 16.4. The van der Waals surface area contributed by atoms with Crippen molar-refractivity contribution in [2.45, 2.75) is 22.5 Å². The summed E-state index contributed by atoms with van der Waals surface area (Å²) in [5.41, 5.74) is 0.936. The fourth-order valence-electron chi connectivity index (χ4n) is 2.70. The first kappa shape index (κ1) is 17.8. The van der Waals surface area contributed by atoms with Crippen molar-refractivity contribution in [1.82, 2.24) is 14.8 Å². The minimum atomic E-state index is -0.589. The second kappa shape index (κ2) is 7.18. The van der Waals surface area contributed by atoms with E-state index in [1.165, 1.54) is 0 Å². The predicted molar refractivity (Wildman–Crippen MR) is 103 cm³/mol. The molecule has 0 bridgehead atoms. The first-order chi connectivity index (χ1) is 12.6. The third-order valence-corrected chi connectivity index (χ3v) is 6.36. The monoisotopic (exact) mass is 409 g/mol. The largest absolute Gasteiger partial charge is 0.497 e. The first-order valence-corrected chi connectivity index (χ1v) is 9.91. The summed E-state index contributed by atoms with van der Waals surface area (Å²) >= 11 is 13.9. The highest BCUT2D eigenvalue weighted by atomic mass is 35.5. The van der Waals surface area contributed by atoms with Crippen LogP contribution in [0.3, 0.4) is 0 Å². The third-order valence-electron chi connectivity index (χ3n) is 4.31. The van der Waals surface area contributed by atoms with Crippen molar-refractivity contribution in [3.63, 3.8) is 0 Å². The van der Waals surface area contributed by atoms with E-state index in [1.54, 1.807) is 25.1 Å². The van der Waals surface area contributed by atoms with Gasteiger partial charge in [0.25, 0.3) is 0 Å². The van der Waals surface area contributed by atoms with E-state index in [1.807, 2.05) is 41.0 Å². The molecule has 1 fully saturated rings. The van der Waals surface area contributed by atoms with E-state index in [4.69, 9.17) is 32.4 Å². The Morgan fingerprint density at radius 1 is 1.31 bits per heavy atom. The molecule has 1 aromatic carbocycles. The Labute approximate surface area is 165 Å². The number of methoxy groups -OCH3 is 1. The minimum absolute atomic E-state index is 0.282. The maximum Gasteiger partial charge on any atom is 0.191 e. The van der Waals surface area contributed by atoms with E-state index in [-0.39, 0.29) is 5.92 Å². The molecule has 0 spiro atoms. The van der Waals surface area contributed by atoms with Crippen LogP contribution in [0, 0.1) is 5.92 Å². The summed E-state index contributed by atoms with van der Waals surface area (Å²) in [4.78, 5) is 0. The van der Waals surface area contributed by atoms with Crippen LogP contribution in [0.1, 0.15) is 12.2 Å². The molecule has 0 radical (unpaired) electrons. The van der Waals surface area contributed by atoms with Crippen LogP contribution in [-0.2, 0) is 6.54 Å². The molecule has 1 aliphatic carbocycles. The molecule has 4 rings (SSSR count). The number of thioether (sulfide) groups is 1. The Morgan fingerprint density at radius 3 is 2.85 bits per heavy atom. The van der Waals surface area contributed by atoms with E-state index in [9.17, 15) is 0 Å². The number of furan rings is 1. The van der Waals surface area contributed by atoms with Gasteiger partial charge in [-0.15, -0.1) is 33.4 Å². The first-order valence-electron chi connectivity index (χ1n) is 8.17. The van der Waals surface area contributed by atoms with Gasteiger partial charge in [-0.3, -0.25) is 4.57 Å². The summed E-state index contributed by atoms with van der Waals surface area (Å²) in [6.07, 6.45) is 2.48. The van der Waals surface area contributed by atoms with Crippen molar-refractivity contribution < 1.29 is 9.15 Å². The molecule has 0 saturated heterocycles. The number of rotatable bonds is 7. The van der Waals surface area contributed by atoms with Gasteiger partial charge in [-0.2, -0.15) is 0 Å². The van der Waals surface area contributed by atoms with Gasteiger partial charge in [0.2, 0.25) is 0 Å². The molecule has 0 N–H and O–H groups in total. The molecule has 1 unspecified atom stereocenters. The van der Waals surface area contributed by atoms with E-state index < -0.39 is 4.33 Å². The van der Waals surface area contributed by atoms with E-state index >= 15 is 0 Å². The van der Waals surface area contributed by atoms with Crippen LogP contribution in [0.2, 0.25) is 0 Å².